The largest absolute Gasteiger partial charge is 0.304 e. The van der Waals surface area contributed by atoms with Crippen molar-refractivity contribution in [1.82, 2.24) is 5.32 Å². The lowest BCUT2D eigenvalue weighted by Crippen LogP contribution is -2.45. The van der Waals surface area contributed by atoms with Crippen molar-refractivity contribution in [2.24, 2.45) is 5.41 Å². The summed E-state index contributed by atoms with van der Waals surface area (Å²) >= 11 is 2.04. The van der Waals surface area contributed by atoms with Crippen LogP contribution >= 0.6 is 11.8 Å². The minimum absolute atomic E-state index is 0.175. The Labute approximate surface area is 122 Å². The lowest BCUT2D eigenvalue weighted by atomic mass is 9.81. The minimum atomic E-state index is 0.175. The Kier molecular flexibility index (Phi) is 4.32. The van der Waals surface area contributed by atoms with Gasteiger partial charge in [0.2, 0.25) is 0 Å². The van der Waals surface area contributed by atoms with Crippen LogP contribution in [0.2, 0.25) is 0 Å². The highest BCUT2D eigenvalue weighted by Gasteiger charge is 2.30. The van der Waals surface area contributed by atoms with Gasteiger partial charge in [0.25, 0.3) is 0 Å². The summed E-state index contributed by atoms with van der Waals surface area (Å²) in [6.45, 7) is 11.6. The van der Waals surface area contributed by atoms with E-state index in [0.29, 0.717) is 11.5 Å². The second-order valence-corrected chi connectivity index (χ2v) is 8.56. The first-order valence-electron chi connectivity index (χ1n) is 7.20. The number of hydrogen-bond acceptors (Lipinski definition) is 2. The van der Waals surface area contributed by atoms with E-state index < -0.39 is 0 Å². The summed E-state index contributed by atoms with van der Waals surface area (Å²) in [5.74, 6) is 2.35. The summed E-state index contributed by atoms with van der Waals surface area (Å²) in [6.07, 6.45) is 1.18. The first kappa shape index (κ1) is 14.9. The second-order valence-electron chi connectivity index (χ2n) is 7.53. The lowest BCUT2D eigenvalue weighted by Gasteiger charge is -2.38. The highest BCUT2D eigenvalue weighted by Crippen LogP contribution is 2.35. The molecule has 0 spiro atoms. The Bertz CT molecular complexity index is 431. The smallest absolute Gasteiger partial charge is 0.0419 e. The summed E-state index contributed by atoms with van der Waals surface area (Å²) in [5, 5.41) is 3.89. The number of benzene rings is 1. The van der Waals surface area contributed by atoms with Crippen molar-refractivity contribution in [3.8, 4) is 0 Å². The molecule has 0 saturated heterocycles. The number of rotatable bonds is 3. The first-order chi connectivity index (χ1) is 8.77. The number of fused-ring (bicyclic) bond motifs is 1. The second kappa shape index (κ2) is 5.49. The van der Waals surface area contributed by atoms with Crippen LogP contribution in [-0.4, -0.2) is 11.3 Å². The van der Waals surface area contributed by atoms with E-state index in [2.05, 4.69) is 64.2 Å². The predicted molar refractivity (Wildman–Crippen MR) is 86.6 cm³/mol. The van der Waals surface area contributed by atoms with Gasteiger partial charge in [0.1, 0.15) is 0 Å². The minimum Gasteiger partial charge on any atom is -0.304 e. The highest BCUT2D eigenvalue weighted by molar-refractivity contribution is 7.98. The first-order valence-corrected chi connectivity index (χ1v) is 8.36. The van der Waals surface area contributed by atoms with Crippen LogP contribution in [-0.2, 0) is 5.75 Å². The number of thioether (sulfide) groups is 1. The van der Waals surface area contributed by atoms with Gasteiger partial charge in [0.15, 0.2) is 0 Å². The molecule has 2 heteroatoms. The van der Waals surface area contributed by atoms with Gasteiger partial charge in [-0.2, -0.15) is 11.8 Å². The summed E-state index contributed by atoms with van der Waals surface area (Å²) in [5.41, 5.74) is 3.54. The van der Waals surface area contributed by atoms with E-state index in [1.54, 1.807) is 0 Å². The van der Waals surface area contributed by atoms with Crippen molar-refractivity contribution in [3.63, 3.8) is 0 Å². The van der Waals surface area contributed by atoms with E-state index in [9.17, 15) is 0 Å². The fraction of sp³-hybridized carbons (Fsp3) is 0.647. The lowest BCUT2D eigenvalue weighted by molar-refractivity contribution is 0.227. The molecule has 0 aliphatic carbocycles. The summed E-state index contributed by atoms with van der Waals surface area (Å²) in [4.78, 5) is 0. The van der Waals surface area contributed by atoms with Crippen LogP contribution in [0, 0.1) is 5.41 Å². The molecule has 19 heavy (non-hydrogen) atoms. The molecular weight excluding hydrogens is 250 g/mol. The molecule has 2 rings (SSSR count). The monoisotopic (exact) mass is 277 g/mol. The van der Waals surface area contributed by atoms with E-state index in [4.69, 9.17) is 0 Å². The molecule has 0 amide bonds. The molecule has 1 nitrogen and oxygen atoms in total. The molecule has 0 fully saturated rings. The predicted octanol–water partition coefficient (Wildman–Crippen LogP) is 4.78. The molecule has 1 aliphatic rings. The van der Waals surface area contributed by atoms with Crippen molar-refractivity contribution in [2.75, 3.05) is 5.75 Å². The van der Waals surface area contributed by atoms with Gasteiger partial charge in [0, 0.05) is 23.1 Å². The van der Waals surface area contributed by atoms with Gasteiger partial charge < -0.3 is 5.32 Å². The standard InChI is InChI=1S/C17H27NS/c1-16(2,3)12-17(4,5)18-15-11-19-10-13-8-6-7-9-14(13)15/h6-9,15,18H,10-12H2,1-5H3. The average Bonchev–Trinajstić information content (AvgIpc) is 2.25. The zero-order valence-corrected chi connectivity index (χ0v) is 13.7. The maximum atomic E-state index is 3.89. The highest BCUT2D eigenvalue weighted by atomic mass is 32.2. The Morgan fingerprint density at radius 1 is 1.16 bits per heavy atom. The van der Waals surface area contributed by atoms with Crippen LogP contribution in [0.5, 0.6) is 0 Å². The molecule has 1 aromatic rings. The number of hydrogen-bond donors (Lipinski definition) is 1. The molecule has 1 N–H and O–H groups in total. The molecule has 106 valence electrons. The molecule has 1 atom stereocenters. The van der Waals surface area contributed by atoms with Gasteiger partial charge >= 0.3 is 0 Å². The van der Waals surface area contributed by atoms with Crippen LogP contribution in [0.15, 0.2) is 24.3 Å². The van der Waals surface area contributed by atoms with Gasteiger partial charge in [-0.3, -0.25) is 0 Å². The third kappa shape index (κ3) is 4.25. The summed E-state index contributed by atoms with van der Waals surface area (Å²) in [7, 11) is 0. The van der Waals surface area contributed by atoms with Crippen molar-refractivity contribution in [1.29, 1.82) is 0 Å². The number of nitrogens with one attached hydrogen (secondary N) is 1. The van der Waals surface area contributed by atoms with Gasteiger partial charge in [-0.1, -0.05) is 45.0 Å². The van der Waals surface area contributed by atoms with Crippen molar-refractivity contribution in [3.05, 3.63) is 35.4 Å². The molecule has 1 aliphatic heterocycles. The average molecular weight is 277 g/mol. The zero-order valence-electron chi connectivity index (χ0n) is 12.9. The molecule has 1 heterocycles. The van der Waals surface area contributed by atoms with E-state index in [1.807, 2.05) is 11.8 Å². The maximum absolute atomic E-state index is 3.89. The third-order valence-electron chi connectivity index (χ3n) is 3.51. The van der Waals surface area contributed by atoms with Crippen LogP contribution in [0.4, 0.5) is 0 Å². The molecule has 1 aromatic carbocycles. The van der Waals surface area contributed by atoms with Gasteiger partial charge in [-0.25, -0.2) is 0 Å². The summed E-state index contributed by atoms with van der Waals surface area (Å²) < 4.78 is 0. The van der Waals surface area contributed by atoms with E-state index in [-0.39, 0.29) is 5.54 Å². The fourth-order valence-electron chi connectivity index (χ4n) is 3.35. The Hall–Kier alpha value is -0.470. The third-order valence-corrected chi connectivity index (χ3v) is 4.59. The van der Waals surface area contributed by atoms with E-state index >= 15 is 0 Å². The van der Waals surface area contributed by atoms with Crippen LogP contribution < -0.4 is 5.32 Å². The summed E-state index contributed by atoms with van der Waals surface area (Å²) in [6, 6.07) is 9.38. The molecular formula is C17H27NS. The molecule has 0 bridgehead atoms. The van der Waals surface area contributed by atoms with Crippen LogP contribution in [0.25, 0.3) is 0 Å². The van der Waals surface area contributed by atoms with Crippen molar-refractivity contribution >= 4 is 11.8 Å². The van der Waals surface area contributed by atoms with Crippen molar-refractivity contribution in [2.45, 2.75) is 58.4 Å². The van der Waals surface area contributed by atoms with Crippen molar-refractivity contribution < 1.29 is 0 Å². The van der Waals surface area contributed by atoms with E-state index in [0.717, 1.165) is 5.75 Å². The fourth-order valence-corrected chi connectivity index (χ4v) is 4.45. The molecule has 0 saturated carbocycles. The maximum Gasteiger partial charge on any atom is 0.0419 e. The molecule has 0 radical (unpaired) electrons. The van der Waals surface area contributed by atoms with E-state index in [1.165, 1.54) is 23.3 Å². The van der Waals surface area contributed by atoms with Crippen LogP contribution in [0.3, 0.4) is 0 Å². The Morgan fingerprint density at radius 3 is 2.53 bits per heavy atom. The molecule has 0 aromatic heterocycles. The Morgan fingerprint density at radius 2 is 1.84 bits per heavy atom. The topological polar surface area (TPSA) is 12.0 Å². The SMILES string of the molecule is CC(C)(C)CC(C)(C)NC1CSCc2ccccc21. The van der Waals surface area contributed by atoms with Gasteiger partial charge in [-0.15, -0.1) is 0 Å². The van der Waals surface area contributed by atoms with Crippen LogP contribution in [0.1, 0.15) is 58.2 Å². The Balaban J connectivity index is 2.12. The quantitative estimate of drug-likeness (QED) is 0.853. The van der Waals surface area contributed by atoms with Gasteiger partial charge in [-0.05, 0) is 36.8 Å². The normalized spacial score (nSPS) is 20.2. The van der Waals surface area contributed by atoms with Gasteiger partial charge in [0.05, 0.1) is 0 Å². The molecule has 1 unspecified atom stereocenters. The zero-order chi connectivity index (χ0) is 14.1.